The third kappa shape index (κ3) is 3.66. The maximum Gasteiger partial charge on any atom is 0.261 e. The zero-order valence-electron chi connectivity index (χ0n) is 14.6. The number of ether oxygens (including phenoxy) is 2. The van der Waals surface area contributed by atoms with Crippen LogP contribution in [0.2, 0.25) is 0 Å². The number of nitrogens with zero attached hydrogens (tertiary/aromatic N) is 2. The van der Waals surface area contributed by atoms with Gasteiger partial charge in [0.1, 0.15) is 5.82 Å². The second-order valence-electron chi connectivity index (χ2n) is 6.21. The van der Waals surface area contributed by atoms with Crippen LogP contribution >= 0.6 is 0 Å². The molecule has 1 aliphatic rings. The van der Waals surface area contributed by atoms with Crippen LogP contribution in [0, 0.1) is 19.7 Å². The molecule has 2 heterocycles. The van der Waals surface area contributed by atoms with Crippen molar-refractivity contribution in [3.05, 3.63) is 47.3 Å². The lowest BCUT2D eigenvalue weighted by molar-refractivity contribution is -0.134. The number of nitrogens with one attached hydrogen (secondary N) is 1. The van der Waals surface area contributed by atoms with E-state index in [-0.39, 0.29) is 30.4 Å². The van der Waals surface area contributed by atoms with Crippen LogP contribution in [-0.4, -0.2) is 47.1 Å². The quantitative estimate of drug-likeness (QED) is 0.902. The van der Waals surface area contributed by atoms with Crippen LogP contribution in [0.4, 0.5) is 4.39 Å². The molecular formula is C18H22FN3O3. The number of likely N-dealkylation sites (tertiary alicyclic amines) is 1. The number of aryl methyl sites for hydroxylation is 2. The molecule has 3 rings (SSSR count). The molecule has 1 N–H and O–H groups in total. The lowest BCUT2D eigenvalue weighted by Crippen LogP contribution is -2.36. The Labute approximate surface area is 146 Å². The van der Waals surface area contributed by atoms with E-state index >= 15 is 0 Å². The van der Waals surface area contributed by atoms with Crippen LogP contribution in [0.1, 0.15) is 29.7 Å². The van der Waals surface area contributed by atoms with E-state index in [0.29, 0.717) is 13.0 Å². The molecule has 25 heavy (non-hydrogen) atoms. The third-order valence-electron chi connectivity index (χ3n) is 4.57. The summed E-state index contributed by atoms with van der Waals surface area (Å²) in [5.74, 6) is 0.105. The lowest BCUT2D eigenvalue weighted by Gasteiger charge is -2.23. The first kappa shape index (κ1) is 17.4. The van der Waals surface area contributed by atoms with E-state index in [1.54, 1.807) is 24.1 Å². The summed E-state index contributed by atoms with van der Waals surface area (Å²) in [6.07, 6.45) is 0.599. The molecule has 2 atom stereocenters. The Morgan fingerprint density at radius 1 is 1.40 bits per heavy atom. The van der Waals surface area contributed by atoms with Gasteiger partial charge in [-0.25, -0.2) is 9.37 Å². The minimum absolute atomic E-state index is 0.0619. The monoisotopic (exact) mass is 347 g/mol. The van der Waals surface area contributed by atoms with Crippen molar-refractivity contribution in [3.63, 3.8) is 0 Å². The molecule has 0 spiro atoms. The van der Waals surface area contributed by atoms with E-state index < -0.39 is 5.82 Å². The number of benzene rings is 1. The Morgan fingerprint density at radius 2 is 2.16 bits per heavy atom. The Kier molecular flexibility index (Phi) is 5.03. The number of amides is 1. The summed E-state index contributed by atoms with van der Waals surface area (Å²) in [6.45, 7) is 4.10. The van der Waals surface area contributed by atoms with Crippen molar-refractivity contribution >= 4 is 5.91 Å². The largest absolute Gasteiger partial charge is 0.481 e. The van der Waals surface area contributed by atoms with Gasteiger partial charge in [-0.05, 0) is 26.0 Å². The molecule has 0 radical (unpaired) electrons. The molecule has 0 bridgehead atoms. The van der Waals surface area contributed by atoms with E-state index in [2.05, 4.69) is 9.97 Å². The fourth-order valence-corrected chi connectivity index (χ4v) is 3.02. The minimum atomic E-state index is -0.486. The van der Waals surface area contributed by atoms with Crippen molar-refractivity contribution < 1.29 is 18.7 Å². The van der Waals surface area contributed by atoms with Crippen LogP contribution in [-0.2, 0) is 9.53 Å². The number of methoxy groups -OCH3 is 1. The number of halogens is 1. The number of aromatic amines is 1. The predicted octanol–water partition coefficient (Wildman–Crippen LogP) is 2.53. The summed E-state index contributed by atoms with van der Waals surface area (Å²) in [6, 6.07) is 5.84. The van der Waals surface area contributed by atoms with Gasteiger partial charge in [0.15, 0.2) is 18.2 Å². The van der Waals surface area contributed by atoms with E-state index in [1.807, 2.05) is 13.8 Å². The lowest BCUT2D eigenvalue weighted by atomic mass is 10.2. The molecular weight excluding hydrogens is 325 g/mol. The number of imidazole rings is 1. The first-order valence-corrected chi connectivity index (χ1v) is 8.22. The van der Waals surface area contributed by atoms with E-state index in [9.17, 15) is 9.18 Å². The number of aromatic nitrogens is 2. The van der Waals surface area contributed by atoms with Gasteiger partial charge in [0.2, 0.25) is 0 Å². The fraction of sp³-hybridized carbons (Fsp3) is 0.444. The standard InChI is InChI=1S/C18H22FN3O3/c1-11-12(2)21-18(20-11)15-8-13(24-3)9-22(15)17(23)10-25-16-7-5-4-6-14(16)19/h4-7,13,15H,8-10H2,1-3H3,(H,20,21)/t13-,15+/m1/s1. The molecule has 1 fully saturated rings. The maximum absolute atomic E-state index is 13.6. The van der Waals surface area contributed by atoms with Gasteiger partial charge < -0.3 is 19.4 Å². The van der Waals surface area contributed by atoms with Gasteiger partial charge in [-0.1, -0.05) is 12.1 Å². The summed E-state index contributed by atoms with van der Waals surface area (Å²) in [5.41, 5.74) is 1.89. The van der Waals surface area contributed by atoms with Crippen molar-refractivity contribution in [3.8, 4) is 5.75 Å². The zero-order chi connectivity index (χ0) is 18.0. The van der Waals surface area contributed by atoms with Gasteiger partial charge in [-0.15, -0.1) is 0 Å². The SMILES string of the molecule is CO[C@@H]1C[C@@H](c2nc(C)c(C)[nH]2)N(C(=O)COc2ccccc2F)C1. The Morgan fingerprint density at radius 3 is 2.80 bits per heavy atom. The van der Waals surface area contributed by atoms with Gasteiger partial charge in [0.25, 0.3) is 5.91 Å². The average Bonchev–Trinajstić information content (AvgIpc) is 3.17. The smallest absolute Gasteiger partial charge is 0.261 e. The highest BCUT2D eigenvalue weighted by Gasteiger charge is 2.38. The number of para-hydroxylation sites is 1. The Balaban J connectivity index is 1.73. The van der Waals surface area contributed by atoms with Crippen LogP contribution in [0.25, 0.3) is 0 Å². The number of rotatable bonds is 5. The highest BCUT2D eigenvalue weighted by atomic mass is 19.1. The van der Waals surface area contributed by atoms with Crippen LogP contribution in [0.15, 0.2) is 24.3 Å². The predicted molar refractivity (Wildman–Crippen MR) is 89.8 cm³/mol. The molecule has 1 saturated heterocycles. The normalized spacial score (nSPS) is 20.1. The van der Waals surface area contributed by atoms with E-state index in [0.717, 1.165) is 17.2 Å². The van der Waals surface area contributed by atoms with Crippen molar-refractivity contribution in [2.75, 3.05) is 20.3 Å². The number of hydrogen-bond donors (Lipinski definition) is 1. The molecule has 1 aromatic carbocycles. The van der Waals surface area contributed by atoms with Crippen molar-refractivity contribution in [1.29, 1.82) is 0 Å². The number of hydrogen-bond acceptors (Lipinski definition) is 4. The van der Waals surface area contributed by atoms with Crippen molar-refractivity contribution in [1.82, 2.24) is 14.9 Å². The molecule has 0 aliphatic carbocycles. The van der Waals surface area contributed by atoms with Gasteiger partial charge in [0, 0.05) is 25.8 Å². The molecule has 7 heteroatoms. The van der Waals surface area contributed by atoms with Gasteiger partial charge in [0.05, 0.1) is 17.8 Å². The first-order chi connectivity index (χ1) is 12.0. The van der Waals surface area contributed by atoms with E-state index in [1.165, 1.54) is 12.1 Å². The van der Waals surface area contributed by atoms with Crippen molar-refractivity contribution in [2.45, 2.75) is 32.4 Å². The maximum atomic E-state index is 13.6. The summed E-state index contributed by atoms with van der Waals surface area (Å²) >= 11 is 0. The molecule has 134 valence electrons. The molecule has 1 aromatic heterocycles. The van der Waals surface area contributed by atoms with Gasteiger partial charge in [-0.2, -0.15) is 0 Å². The number of H-pyrrole nitrogens is 1. The molecule has 1 amide bonds. The highest BCUT2D eigenvalue weighted by Crippen LogP contribution is 2.32. The van der Waals surface area contributed by atoms with Gasteiger partial charge >= 0.3 is 0 Å². The van der Waals surface area contributed by atoms with E-state index in [4.69, 9.17) is 9.47 Å². The topological polar surface area (TPSA) is 67.5 Å². The summed E-state index contributed by atoms with van der Waals surface area (Å²) in [7, 11) is 1.63. The van der Waals surface area contributed by atoms with Crippen LogP contribution < -0.4 is 4.74 Å². The summed E-state index contributed by atoms with van der Waals surface area (Å²) in [5, 5.41) is 0. The van der Waals surface area contributed by atoms with Crippen LogP contribution in [0.5, 0.6) is 5.75 Å². The van der Waals surface area contributed by atoms with Crippen LogP contribution in [0.3, 0.4) is 0 Å². The summed E-state index contributed by atoms with van der Waals surface area (Å²) < 4.78 is 24.4. The number of carbonyl (C=O) groups excluding carboxylic acids is 1. The second-order valence-corrected chi connectivity index (χ2v) is 6.21. The molecule has 0 unspecified atom stereocenters. The third-order valence-corrected chi connectivity index (χ3v) is 4.57. The average molecular weight is 347 g/mol. The van der Waals surface area contributed by atoms with Crippen molar-refractivity contribution in [2.24, 2.45) is 0 Å². The fourth-order valence-electron chi connectivity index (χ4n) is 3.02. The van der Waals surface area contributed by atoms with Gasteiger partial charge in [-0.3, -0.25) is 4.79 Å². The summed E-state index contributed by atoms with van der Waals surface area (Å²) in [4.78, 5) is 22.1. The Bertz CT molecular complexity index is 742. The molecule has 1 aliphatic heterocycles. The molecule has 2 aromatic rings. The Hall–Kier alpha value is -2.41. The second kappa shape index (κ2) is 7.23. The first-order valence-electron chi connectivity index (χ1n) is 8.22. The zero-order valence-corrected chi connectivity index (χ0v) is 14.6. The number of carbonyl (C=O) groups is 1. The molecule has 6 nitrogen and oxygen atoms in total. The minimum Gasteiger partial charge on any atom is -0.481 e. The highest BCUT2D eigenvalue weighted by molar-refractivity contribution is 5.78. The molecule has 0 saturated carbocycles.